The predicted octanol–water partition coefficient (Wildman–Crippen LogP) is -0.0968. The Kier molecular flexibility index (Phi) is 3.17. The van der Waals surface area contributed by atoms with E-state index in [-0.39, 0.29) is 30.7 Å². The van der Waals surface area contributed by atoms with E-state index < -0.39 is 0 Å². The lowest BCUT2D eigenvalue weighted by Crippen LogP contribution is -2.36. The summed E-state index contributed by atoms with van der Waals surface area (Å²) in [5.74, 6) is 0. The number of hydrogen-bond donors (Lipinski definition) is 2. The van der Waals surface area contributed by atoms with E-state index in [2.05, 4.69) is 21.2 Å². The summed E-state index contributed by atoms with van der Waals surface area (Å²) in [6, 6.07) is 0.157. The van der Waals surface area contributed by atoms with Gasteiger partial charge < -0.3 is 15.2 Å². The van der Waals surface area contributed by atoms with E-state index in [9.17, 15) is 5.11 Å². The van der Waals surface area contributed by atoms with Gasteiger partial charge in [-0.1, -0.05) is 15.9 Å². The van der Waals surface area contributed by atoms with Gasteiger partial charge in [-0.15, -0.1) is 12.4 Å². The monoisotopic (exact) mass is 243 g/mol. The number of nitrogens with one attached hydrogen (secondary N) is 1. The van der Waals surface area contributed by atoms with Crippen molar-refractivity contribution in [3.63, 3.8) is 0 Å². The quantitative estimate of drug-likeness (QED) is 0.585. The molecule has 2 heterocycles. The van der Waals surface area contributed by atoms with Gasteiger partial charge >= 0.3 is 0 Å². The highest BCUT2D eigenvalue weighted by molar-refractivity contribution is 9.09. The Balaban J connectivity index is 0.000000605. The number of hydrogen-bond acceptors (Lipinski definition) is 3. The second-order valence-corrected chi connectivity index (χ2v) is 3.99. The molecule has 0 aromatic carbocycles. The molecule has 66 valence electrons. The molecule has 2 N–H and O–H groups in total. The fraction of sp³-hybridized carbons (Fsp3) is 1.00. The van der Waals surface area contributed by atoms with E-state index >= 15 is 0 Å². The summed E-state index contributed by atoms with van der Waals surface area (Å²) < 4.78 is 5.34. The Bertz CT molecular complexity index is 133. The lowest BCUT2D eigenvalue weighted by atomic mass is 10.1. The first-order valence-corrected chi connectivity index (χ1v) is 4.38. The maximum absolute atomic E-state index is 9.31. The van der Waals surface area contributed by atoms with Crippen LogP contribution in [0.4, 0.5) is 0 Å². The first kappa shape index (κ1) is 9.74. The van der Waals surface area contributed by atoms with Crippen molar-refractivity contribution in [1.82, 2.24) is 5.32 Å². The second-order valence-electron chi connectivity index (χ2n) is 2.82. The van der Waals surface area contributed by atoms with Gasteiger partial charge in [-0.05, 0) is 0 Å². The SMILES string of the molecule is Cl.OC1CO[C@@H]2C(Br)CNC12. The molecule has 0 amide bonds. The summed E-state index contributed by atoms with van der Waals surface area (Å²) in [7, 11) is 0. The fourth-order valence-electron chi connectivity index (χ4n) is 1.58. The van der Waals surface area contributed by atoms with Crippen LogP contribution in [-0.4, -0.2) is 41.3 Å². The third-order valence-electron chi connectivity index (χ3n) is 2.13. The average Bonchev–Trinajstić information content (AvgIpc) is 2.41. The summed E-state index contributed by atoms with van der Waals surface area (Å²) in [5, 5.41) is 12.5. The molecule has 2 aliphatic rings. The summed E-state index contributed by atoms with van der Waals surface area (Å²) >= 11 is 3.47. The van der Waals surface area contributed by atoms with E-state index in [0.29, 0.717) is 11.4 Å². The molecule has 2 aliphatic heterocycles. The van der Waals surface area contributed by atoms with Crippen molar-refractivity contribution in [2.75, 3.05) is 13.2 Å². The third kappa shape index (κ3) is 1.55. The molecule has 4 atom stereocenters. The fourth-order valence-corrected chi connectivity index (χ4v) is 2.25. The summed E-state index contributed by atoms with van der Waals surface area (Å²) in [6.45, 7) is 1.37. The zero-order chi connectivity index (χ0) is 7.14. The largest absolute Gasteiger partial charge is 0.389 e. The topological polar surface area (TPSA) is 41.5 Å². The lowest BCUT2D eigenvalue weighted by molar-refractivity contribution is 0.0905. The van der Waals surface area contributed by atoms with Crippen molar-refractivity contribution in [3.05, 3.63) is 0 Å². The van der Waals surface area contributed by atoms with Gasteiger partial charge in [0, 0.05) is 6.54 Å². The normalized spacial score (nSPS) is 48.5. The molecule has 5 heteroatoms. The van der Waals surface area contributed by atoms with E-state index in [1.54, 1.807) is 0 Å². The molecule has 0 aromatic rings. The van der Waals surface area contributed by atoms with Crippen LogP contribution in [0.2, 0.25) is 0 Å². The molecule has 0 aliphatic carbocycles. The van der Waals surface area contributed by atoms with E-state index in [4.69, 9.17) is 4.74 Å². The van der Waals surface area contributed by atoms with Gasteiger partial charge in [-0.25, -0.2) is 0 Å². The first-order valence-electron chi connectivity index (χ1n) is 3.46. The van der Waals surface area contributed by atoms with Crippen LogP contribution >= 0.6 is 28.3 Å². The maximum atomic E-state index is 9.31. The smallest absolute Gasteiger partial charge is 0.0952 e. The molecule has 2 saturated heterocycles. The van der Waals surface area contributed by atoms with Crippen LogP contribution in [0.3, 0.4) is 0 Å². The molecule has 0 saturated carbocycles. The molecule has 3 nitrogen and oxygen atoms in total. The summed E-state index contributed by atoms with van der Waals surface area (Å²) in [4.78, 5) is 0.370. The molecule has 2 rings (SSSR count). The molecule has 11 heavy (non-hydrogen) atoms. The Labute approximate surface area is 80.0 Å². The van der Waals surface area contributed by atoms with Gasteiger partial charge in [0.1, 0.15) is 0 Å². The molecule has 3 unspecified atom stereocenters. The summed E-state index contributed by atoms with van der Waals surface area (Å²) in [6.07, 6.45) is -0.137. The van der Waals surface area contributed by atoms with Crippen LogP contribution in [0.25, 0.3) is 0 Å². The van der Waals surface area contributed by atoms with E-state index in [1.807, 2.05) is 0 Å². The molecular formula is C6H11BrClNO2. The van der Waals surface area contributed by atoms with Crippen LogP contribution in [0, 0.1) is 0 Å². The summed E-state index contributed by atoms with van der Waals surface area (Å²) in [5.41, 5.74) is 0. The third-order valence-corrected chi connectivity index (χ3v) is 2.98. The standard InChI is InChI=1S/C6H10BrNO2.ClH/c7-3-1-8-5-4(9)2-10-6(3)5;/h3-6,8-9H,1-2H2;1H/t3?,4?,5?,6-;/m1./s1. The van der Waals surface area contributed by atoms with Crippen molar-refractivity contribution >= 4 is 28.3 Å². The molecule has 0 bridgehead atoms. The van der Waals surface area contributed by atoms with E-state index in [1.165, 1.54) is 0 Å². The van der Waals surface area contributed by atoms with Crippen LogP contribution in [0.5, 0.6) is 0 Å². The van der Waals surface area contributed by atoms with Crippen LogP contribution < -0.4 is 5.32 Å². The Morgan fingerprint density at radius 3 is 2.91 bits per heavy atom. The van der Waals surface area contributed by atoms with Crippen molar-refractivity contribution in [2.24, 2.45) is 0 Å². The number of halogens is 2. The minimum atomic E-state index is -0.312. The number of aliphatic hydroxyl groups is 1. The zero-order valence-electron chi connectivity index (χ0n) is 5.87. The molecule has 0 spiro atoms. The molecule has 0 aromatic heterocycles. The minimum Gasteiger partial charge on any atom is -0.389 e. The highest BCUT2D eigenvalue weighted by Crippen LogP contribution is 2.26. The highest BCUT2D eigenvalue weighted by Gasteiger charge is 2.44. The van der Waals surface area contributed by atoms with Gasteiger partial charge in [0.25, 0.3) is 0 Å². The predicted molar refractivity (Wildman–Crippen MR) is 47.5 cm³/mol. The first-order chi connectivity index (χ1) is 4.79. The lowest BCUT2D eigenvalue weighted by Gasteiger charge is -2.10. The van der Waals surface area contributed by atoms with Crippen LogP contribution in [0.15, 0.2) is 0 Å². The van der Waals surface area contributed by atoms with Gasteiger partial charge in [-0.3, -0.25) is 0 Å². The molecule has 2 fully saturated rings. The van der Waals surface area contributed by atoms with Gasteiger partial charge in [-0.2, -0.15) is 0 Å². The molecule has 0 radical (unpaired) electrons. The number of fused-ring (bicyclic) bond motifs is 1. The van der Waals surface area contributed by atoms with E-state index in [0.717, 1.165) is 6.54 Å². The van der Waals surface area contributed by atoms with Crippen LogP contribution in [-0.2, 0) is 4.74 Å². The van der Waals surface area contributed by atoms with Crippen molar-refractivity contribution in [2.45, 2.75) is 23.1 Å². The number of ether oxygens (including phenoxy) is 1. The Hall–Kier alpha value is 0.650. The molecular weight excluding hydrogens is 233 g/mol. The van der Waals surface area contributed by atoms with Crippen molar-refractivity contribution in [1.29, 1.82) is 0 Å². The second kappa shape index (κ2) is 3.58. The minimum absolute atomic E-state index is 0. The van der Waals surface area contributed by atoms with Gasteiger partial charge in [0.05, 0.1) is 29.7 Å². The van der Waals surface area contributed by atoms with Gasteiger partial charge in [0.15, 0.2) is 0 Å². The highest BCUT2D eigenvalue weighted by atomic mass is 79.9. The number of alkyl halides is 1. The van der Waals surface area contributed by atoms with Crippen molar-refractivity contribution in [3.8, 4) is 0 Å². The van der Waals surface area contributed by atoms with Crippen LogP contribution in [0.1, 0.15) is 0 Å². The Morgan fingerprint density at radius 2 is 2.27 bits per heavy atom. The number of rotatable bonds is 0. The zero-order valence-corrected chi connectivity index (χ0v) is 8.27. The number of aliphatic hydroxyl groups excluding tert-OH is 1. The Morgan fingerprint density at radius 1 is 1.55 bits per heavy atom. The van der Waals surface area contributed by atoms with Crippen molar-refractivity contribution < 1.29 is 9.84 Å². The average molecular weight is 245 g/mol. The maximum Gasteiger partial charge on any atom is 0.0952 e. The van der Waals surface area contributed by atoms with Gasteiger partial charge in [0.2, 0.25) is 0 Å².